The smallest absolute Gasteiger partial charge is 0.237 e. The monoisotopic (exact) mass is 325 g/mol. The molecule has 6 nitrogen and oxygen atoms in total. The lowest BCUT2D eigenvalue weighted by Crippen LogP contribution is -2.45. The van der Waals surface area contributed by atoms with E-state index in [-0.39, 0.29) is 19.0 Å². The van der Waals surface area contributed by atoms with Crippen LogP contribution in [0.15, 0.2) is 24.4 Å². The zero-order valence-corrected chi connectivity index (χ0v) is 13.9. The quantitative estimate of drug-likeness (QED) is 0.813. The molecule has 0 atom stereocenters. The maximum absolute atomic E-state index is 12.4. The number of rotatable bonds is 5. The average Bonchev–Trinajstić information content (AvgIpc) is 2.47. The highest BCUT2D eigenvalue weighted by Crippen LogP contribution is 2.16. The first-order valence-electron chi connectivity index (χ1n) is 7.49. The van der Waals surface area contributed by atoms with Crippen molar-refractivity contribution >= 4 is 15.9 Å². The predicted octanol–water partition coefficient (Wildman–Crippen LogP) is 1.10. The topological polar surface area (TPSA) is 70.6 Å². The predicted molar refractivity (Wildman–Crippen MR) is 84.5 cm³/mol. The minimum absolute atomic E-state index is 0.121. The zero-order chi connectivity index (χ0) is 16.2. The number of likely N-dealkylation sites (tertiary alicyclic amines) is 1. The summed E-state index contributed by atoms with van der Waals surface area (Å²) in [6.07, 6.45) is 4.70. The summed E-state index contributed by atoms with van der Waals surface area (Å²) in [4.78, 5) is 18.2. The second kappa shape index (κ2) is 7.19. The Bertz CT molecular complexity index is 596. The molecule has 0 radical (unpaired) electrons. The van der Waals surface area contributed by atoms with Gasteiger partial charge >= 0.3 is 0 Å². The van der Waals surface area contributed by atoms with Crippen LogP contribution < -0.4 is 0 Å². The van der Waals surface area contributed by atoms with Gasteiger partial charge in [-0.25, -0.2) is 8.42 Å². The van der Waals surface area contributed by atoms with Gasteiger partial charge in [-0.3, -0.25) is 9.78 Å². The zero-order valence-electron chi connectivity index (χ0n) is 13.1. The number of amides is 1. The summed E-state index contributed by atoms with van der Waals surface area (Å²) in [6.45, 7) is 3.59. The number of pyridine rings is 1. The molecule has 2 rings (SSSR count). The van der Waals surface area contributed by atoms with E-state index in [2.05, 4.69) is 11.9 Å². The number of hydrogen-bond donors (Lipinski definition) is 0. The van der Waals surface area contributed by atoms with Gasteiger partial charge < -0.3 is 4.90 Å². The van der Waals surface area contributed by atoms with Crippen molar-refractivity contribution in [3.63, 3.8) is 0 Å². The molecule has 7 heteroatoms. The molecule has 1 aliphatic heterocycles. The summed E-state index contributed by atoms with van der Waals surface area (Å²) in [5.74, 6) is 0.497. The van der Waals surface area contributed by atoms with Crippen molar-refractivity contribution in [1.29, 1.82) is 0 Å². The van der Waals surface area contributed by atoms with Gasteiger partial charge in [-0.15, -0.1) is 0 Å². The normalized spacial score (nSPS) is 17.0. The molecule has 1 aromatic rings. The highest BCUT2D eigenvalue weighted by Gasteiger charge is 2.26. The summed E-state index contributed by atoms with van der Waals surface area (Å²) in [6, 6.07) is 5.33. The minimum atomic E-state index is -3.46. The number of carbonyl (C=O) groups is 1. The molecule has 2 heterocycles. The lowest BCUT2D eigenvalue weighted by atomic mass is 9.99. The Labute approximate surface area is 132 Å². The molecular weight excluding hydrogens is 302 g/mol. The number of carbonyl (C=O) groups excluding carboxylic acids is 1. The second-order valence-corrected chi connectivity index (χ2v) is 7.90. The molecule has 0 saturated carbocycles. The van der Waals surface area contributed by atoms with Gasteiger partial charge in [0.25, 0.3) is 0 Å². The van der Waals surface area contributed by atoms with Crippen molar-refractivity contribution in [2.75, 3.05) is 25.9 Å². The van der Waals surface area contributed by atoms with Crippen molar-refractivity contribution in [2.45, 2.75) is 26.3 Å². The number of piperidine rings is 1. The van der Waals surface area contributed by atoms with E-state index in [1.807, 2.05) is 0 Å². The maximum Gasteiger partial charge on any atom is 0.237 e. The first-order chi connectivity index (χ1) is 10.4. The molecule has 0 aliphatic carbocycles. The van der Waals surface area contributed by atoms with E-state index in [9.17, 15) is 13.2 Å². The molecule has 1 saturated heterocycles. The van der Waals surface area contributed by atoms with E-state index in [4.69, 9.17) is 0 Å². The number of nitrogens with zero attached hydrogens (tertiary/aromatic N) is 3. The van der Waals surface area contributed by atoms with Crippen molar-refractivity contribution < 1.29 is 13.2 Å². The van der Waals surface area contributed by atoms with Gasteiger partial charge in [0.2, 0.25) is 15.9 Å². The summed E-state index contributed by atoms with van der Waals surface area (Å²) in [7, 11) is -3.46. The molecule has 1 fully saturated rings. The van der Waals surface area contributed by atoms with Crippen LogP contribution in [0.2, 0.25) is 0 Å². The van der Waals surface area contributed by atoms with Crippen LogP contribution in [0.4, 0.5) is 0 Å². The lowest BCUT2D eigenvalue weighted by Gasteiger charge is -2.31. The first-order valence-corrected chi connectivity index (χ1v) is 9.34. The first kappa shape index (κ1) is 16.9. The largest absolute Gasteiger partial charge is 0.342 e. The Hall–Kier alpha value is -1.47. The van der Waals surface area contributed by atoms with E-state index >= 15 is 0 Å². The molecule has 0 unspecified atom stereocenters. The standard InChI is InChI=1S/C15H23N3O3S/c1-13-6-9-17(10-7-13)15(19)12-18(22(2,20)21)11-14-5-3-4-8-16-14/h3-5,8,13H,6-7,9-12H2,1-2H3. The number of hydrogen-bond acceptors (Lipinski definition) is 4. The van der Waals surface area contributed by atoms with Gasteiger partial charge in [0.15, 0.2) is 0 Å². The molecule has 1 aromatic heterocycles. The van der Waals surface area contributed by atoms with Crippen molar-refractivity contribution in [1.82, 2.24) is 14.2 Å². The Morgan fingerprint density at radius 3 is 2.59 bits per heavy atom. The lowest BCUT2D eigenvalue weighted by molar-refractivity contribution is -0.132. The molecule has 122 valence electrons. The molecule has 0 N–H and O–H groups in total. The Morgan fingerprint density at radius 2 is 2.05 bits per heavy atom. The molecule has 0 bridgehead atoms. The summed E-state index contributed by atoms with van der Waals surface area (Å²) < 4.78 is 25.1. The van der Waals surface area contributed by atoms with E-state index in [0.717, 1.165) is 19.1 Å². The van der Waals surface area contributed by atoms with Crippen LogP contribution in [0.1, 0.15) is 25.5 Å². The van der Waals surface area contributed by atoms with Crippen LogP contribution in [0.3, 0.4) is 0 Å². The van der Waals surface area contributed by atoms with Crippen LogP contribution in [0, 0.1) is 5.92 Å². The third kappa shape index (κ3) is 4.78. The fraction of sp³-hybridized carbons (Fsp3) is 0.600. The SMILES string of the molecule is CC1CCN(C(=O)CN(Cc2ccccn2)S(C)(=O)=O)CC1. The fourth-order valence-corrected chi connectivity index (χ4v) is 3.18. The number of aromatic nitrogens is 1. The van der Waals surface area contributed by atoms with E-state index < -0.39 is 10.0 Å². The number of sulfonamides is 1. The Balaban J connectivity index is 2.02. The van der Waals surface area contributed by atoms with Crippen LogP contribution in [-0.4, -0.2) is 54.4 Å². The van der Waals surface area contributed by atoms with Gasteiger partial charge in [-0.05, 0) is 30.9 Å². The molecule has 1 amide bonds. The van der Waals surface area contributed by atoms with Gasteiger partial charge in [0.05, 0.1) is 25.0 Å². The molecule has 22 heavy (non-hydrogen) atoms. The van der Waals surface area contributed by atoms with Gasteiger partial charge in [-0.1, -0.05) is 13.0 Å². The molecule has 0 spiro atoms. The Morgan fingerprint density at radius 1 is 1.36 bits per heavy atom. The van der Waals surface area contributed by atoms with Gasteiger partial charge in [0, 0.05) is 19.3 Å². The summed E-state index contributed by atoms with van der Waals surface area (Å²) >= 11 is 0. The van der Waals surface area contributed by atoms with E-state index in [1.165, 1.54) is 4.31 Å². The van der Waals surface area contributed by atoms with Crippen LogP contribution in [0.5, 0.6) is 0 Å². The minimum Gasteiger partial charge on any atom is -0.342 e. The van der Waals surface area contributed by atoms with Crippen molar-refractivity contribution in [3.8, 4) is 0 Å². The molecule has 0 aromatic carbocycles. The average molecular weight is 325 g/mol. The van der Waals surface area contributed by atoms with Crippen molar-refractivity contribution in [2.24, 2.45) is 5.92 Å². The van der Waals surface area contributed by atoms with Crippen LogP contribution in [0.25, 0.3) is 0 Å². The van der Waals surface area contributed by atoms with Crippen LogP contribution in [-0.2, 0) is 21.4 Å². The summed E-state index contributed by atoms with van der Waals surface area (Å²) in [5, 5.41) is 0. The second-order valence-electron chi connectivity index (χ2n) is 5.92. The van der Waals surface area contributed by atoms with E-state index in [0.29, 0.717) is 24.7 Å². The van der Waals surface area contributed by atoms with Crippen LogP contribution >= 0.6 is 0 Å². The van der Waals surface area contributed by atoms with Gasteiger partial charge in [-0.2, -0.15) is 4.31 Å². The third-order valence-corrected chi connectivity index (χ3v) is 5.18. The molecule has 1 aliphatic rings. The molecular formula is C15H23N3O3S. The van der Waals surface area contributed by atoms with Gasteiger partial charge in [0.1, 0.15) is 0 Å². The highest BCUT2D eigenvalue weighted by molar-refractivity contribution is 7.88. The fourth-order valence-electron chi connectivity index (χ4n) is 2.47. The summed E-state index contributed by atoms with van der Waals surface area (Å²) in [5.41, 5.74) is 0.632. The van der Waals surface area contributed by atoms with E-state index in [1.54, 1.807) is 29.3 Å². The van der Waals surface area contributed by atoms with Crippen molar-refractivity contribution in [3.05, 3.63) is 30.1 Å². The Kier molecular flexibility index (Phi) is 5.52. The maximum atomic E-state index is 12.4. The highest BCUT2D eigenvalue weighted by atomic mass is 32.2. The third-order valence-electron chi connectivity index (χ3n) is 3.98.